The van der Waals surface area contributed by atoms with Gasteiger partial charge in [0, 0.05) is 0 Å². The van der Waals surface area contributed by atoms with E-state index in [4.69, 9.17) is 16.4 Å². The van der Waals surface area contributed by atoms with Gasteiger partial charge in [0.15, 0.2) is 5.96 Å². The number of rotatable bonds is 2. The summed E-state index contributed by atoms with van der Waals surface area (Å²) in [5.74, 6) is -0.357. The molecule has 0 radical (unpaired) electrons. The molecule has 1 unspecified atom stereocenters. The molecule has 0 rings (SSSR count). The standard InChI is InChI=1S/C5H7FN4/c6-2-1-4(3-7)10-5(8)9/h1-2,4H,(H4,8,9,10)/b2-1+. The van der Waals surface area contributed by atoms with Crippen LogP contribution in [0, 0.1) is 16.7 Å². The summed E-state index contributed by atoms with van der Waals surface area (Å²) in [6, 6.07) is 0.817. The average molecular weight is 142 g/mol. The van der Waals surface area contributed by atoms with Crippen molar-refractivity contribution >= 4 is 5.96 Å². The molecule has 4 nitrogen and oxygen atoms in total. The molecular formula is C5H7FN4. The van der Waals surface area contributed by atoms with Gasteiger partial charge in [0.05, 0.1) is 12.4 Å². The maximum absolute atomic E-state index is 11.4. The van der Waals surface area contributed by atoms with Gasteiger partial charge in [0.25, 0.3) is 0 Å². The van der Waals surface area contributed by atoms with Gasteiger partial charge in [-0.25, -0.2) is 4.39 Å². The third kappa shape index (κ3) is 3.43. The van der Waals surface area contributed by atoms with Gasteiger partial charge in [-0.1, -0.05) is 0 Å². The molecular weight excluding hydrogens is 135 g/mol. The lowest BCUT2D eigenvalue weighted by Crippen LogP contribution is -2.37. The molecule has 0 aliphatic carbocycles. The lowest BCUT2D eigenvalue weighted by molar-refractivity contribution is 0.706. The van der Waals surface area contributed by atoms with Gasteiger partial charge in [-0.05, 0) is 6.08 Å². The first-order valence-electron chi connectivity index (χ1n) is 2.47. The number of nitrogens with zero attached hydrogens (tertiary/aromatic N) is 1. The predicted molar refractivity (Wildman–Crippen MR) is 34.7 cm³/mol. The zero-order chi connectivity index (χ0) is 7.98. The van der Waals surface area contributed by atoms with Crippen molar-refractivity contribution in [1.29, 1.82) is 10.7 Å². The van der Waals surface area contributed by atoms with Crippen LogP contribution in [0.15, 0.2) is 12.4 Å². The molecule has 4 N–H and O–H groups in total. The molecule has 1 atom stereocenters. The van der Waals surface area contributed by atoms with E-state index >= 15 is 0 Å². The normalized spacial score (nSPS) is 12.4. The van der Waals surface area contributed by atoms with E-state index in [-0.39, 0.29) is 12.3 Å². The van der Waals surface area contributed by atoms with Crippen LogP contribution >= 0.6 is 0 Å². The summed E-state index contributed by atoms with van der Waals surface area (Å²) in [4.78, 5) is 0. The van der Waals surface area contributed by atoms with Crippen molar-refractivity contribution in [1.82, 2.24) is 5.32 Å². The first kappa shape index (κ1) is 8.43. The molecule has 0 aromatic carbocycles. The van der Waals surface area contributed by atoms with Crippen molar-refractivity contribution in [2.75, 3.05) is 0 Å². The van der Waals surface area contributed by atoms with Crippen molar-refractivity contribution in [2.24, 2.45) is 5.73 Å². The number of nitrogens with two attached hydrogens (primary N) is 1. The summed E-state index contributed by atoms with van der Waals surface area (Å²) < 4.78 is 11.4. The fourth-order valence-corrected chi connectivity index (χ4v) is 0.364. The maximum atomic E-state index is 11.4. The van der Waals surface area contributed by atoms with Crippen LogP contribution < -0.4 is 11.1 Å². The predicted octanol–water partition coefficient (Wildman–Crippen LogP) is -0.155. The average Bonchev–Trinajstić information content (AvgIpc) is 1.86. The zero-order valence-corrected chi connectivity index (χ0v) is 5.13. The highest BCUT2D eigenvalue weighted by atomic mass is 19.1. The van der Waals surface area contributed by atoms with Crippen molar-refractivity contribution in [3.63, 3.8) is 0 Å². The second kappa shape index (κ2) is 4.32. The second-order valence-electron chi connectivity index (χ2n) is 1.48. The Morgan fingerprint density at radius 2 is 2.50 bits per heavy atom. The SMILES string of the molecule is N#CC(/C=C/F)NC(=N)N. The van der Waals surface area contributed by atoms with Gasteiger partial charge in [-0.3, -0.25) is 5.41 Å². The second-order valence-corrected chi connectivity index (χ2v) is 1.48. The van der Waals surface area contributed by atoms with E-state index in [1.165, 1.54) is 0 Å². The lowest BCUT2D eigenvalue weighted by Gasteiger charge is -2.03. The molecule has 0 aromatic rings. The van der Waals surface area contributed by atoms with Crippen LogP contribution in [0.4, 0.5) is 4.39 Å². The summed E-state index contributed by atoms with van der Waals surface area (Å²) >= 11 is 0. The topological polar surface area (TPSA) is 85.7 Å². The van der Waals surface area contributed by atoms with E-state index in [9.17, 15) is 4.39 Å². The molecule has 0 aliphatic heterocycles. The smallest absolute Gasteiger partial charge is 0.186 e. The number of guanidine groups is 1. The van der Waals surface area contributed by atoms with Crippen LogP contribution in [0.25, 0.3) is 0 Å². The van der Waals surface area contributed by atoms with E-state index in [2.05, 4.69) is 5.32 Å². The van der Waals surface area contributed by atoms with E-state index in [0.717, 1.165) is 6.08 Å². The Balaban J connectivity index is 3.87. The molecule has 0 saturated heterocycles. The van der Waals surface area contributed by atoms with E-state index in [1.807, 2.05) is 0 Å². The number of nitrogens with one attached hydrogen (secondary N) is 2. The zero-order valence-electron chi connectivity index (χ0n) is 5.13. The van der Waals surface area contributed by atoms with Crippen LogP contribution in [0.2, 0.25) is 0 Å². The Morgan fingerprint density at radius 3 is 2.80 bits per heavy atom. The Hall–Kier alpha value is -1.57. The largest absolute Gasteiger partial charge is 0.370 e. The number of nitriles is 1. The van der Waals surface area contributed by atoms with Gasteiger partial charge in [0.2, 0.25) is 0 Å². The van der Waals surface area contributed by atoms with Gasteiger partial charge >= 0.3 is 0 Å². The summed E-state index contributed by atoms with van der Waals surface area (Å²) in [7, 11) is 0. The fraction of sp³-hybridized carbons (Fsp3) is 0.200. The number of halogens is 1. The Kier molecular flexibility index (Phi) is 3.64. The molecule has 54 valence electrons. The molecule has 0 aliphatic rings. The Morgan fingerprint density at radius 1 is 1.90 bits per heavy atom. The molecule has 5 heteroatoms. The van der Waals surface area contributed by atoms with Crippen molar-refractivity contribution in [3.05, 3.63) is 12.4 Å². The van der Waals surface area contributed by atoms with Gasteiger partial charge in [0.1, 0.15) is 6.04 Å². The molecule has 0 amide bonds. The maximum Gasteiger partial charge on any atom is 0.186 e. The quantitative estimate of drug-likeness (QED) is 0.370. The molecule has 0 bridgehead atoms. The number of hydrogen-bond acceptors (Lipinski definition) is 2. The summed E-state index contributed by atoms with van der Waals surface area (Å²) in [5.41, 5.74) is 4.86. The van der Waals surface area contributed by atoms with E-state index in [1.54, 1.807) is 6.07 Å². The third-order valence-electron chi connectivity index (χ3n) is 0.715. The summed E-state index contributed by atoms with van der Waals surface area (Å²) in [6.45, 7) is 0. The van der Waals surface area contributed by atoms with E-state index in [0.29, 0.717) is 0 Å². The minimum Gasteiger partial charge on any atom is -0.370 e. The van der Waals surface area contributed by atoms with E-state index < -0.39 is 6.04 Å². The van der Waals surface area contributed by atoms with Crippen molar-refractivity contribution < 1.29 is 4.39 Å². The monoisotopic (exact) mass is 142 g/mol. The van der Waals surface area contributed by atoms with Crippen molar-refractivity contribution in [2.45, 2.75) is 6.04 Å². The molecule has 0 heterocycles. The van der Waals surface area contributed by atoms with Crippen LogP contribution in [0.1, 0.15) is 0 Å². The van der Waals surface area contributed by atoms with Crippen LogP contribution in [-0.2, 0) is 0 Å². The van der Waals surface area contributed by atoms with Crippen LogP contribution in [0.3, 0.4) is 0 Å². The third-order valence-corrected chi connectivity index (χ3v) is 0.715. The summed E-state index contributed by atoms with van der Waals surface area (Å²) in [6.07, 6.45) is 1.19. The summed E-state index contributed by atoms with van der Waals surface area (Å²) in [5, 5.41) is 17.1. The minimum atomic E-state index is -0.859. The Labute approximate surface area is 57.6 Å². The van der Waals surface area contributed by atoms with Crippen LogP contribution in [-0.4, -0.2) is 12.0 Å². The molecule has 0 aromatic heterocycles. The minimum absolute atomic E-state index is 0.226. The highest BCUT2D eigenvalue weighted by Gasteiger charge is 2.00. The highest BCUT2D eigenvalue weighted by molar-refractivity contribution is 5.75. The highest BCUT2D eigenvalue weighted by Crippen LogP contribution is 1.83. The fourth-order valence-electron chi connectivity index (χ4n) is 0.364. The first-order chi connectivity index (χ1) is 4.70. The molecule has 0 saturated carbocycles. The van der Waals surface area contributed by atoms with Crippen molar-refractivity contribution in [3.8, 4) is 6.07 Å². The number of hydrogen-bond donors (Lipinski definition) is 3. The lowest BCUT2D eigenvalue weighted by atomic mass is 10.3. The molecule has 0 fully saturated rings. The molecule has 0 spiro atoms. The Bertz CT molecular complexity index is 181. The van der Waals surface area contributed by atoms with Gasteiger partial charge < -0.3 is 11.1 Å². The van der Waals surface area contributed by atoms with Gasteiger partial charge in [-0.15, -0.1) is 0 Å². The first-order valence-corrected chi connectivity index (χ1v) is 2.47. The molecule has 10 heavy (non-hydrogen) atoms. The van der Waals surface area contributed by atoms with Crippen LogP contribution in [0.5, 0.6) is 0 Å². The van der Waals surface area contributed by atoms with Gasteiger partial charge in [-0.2, -0.15) is 5.26 Å².